The highest BCUT2D eigenvalue weighted by Crippen LogP contribution is 2.20. The van der Waals surface area contributed by atoms with Gasteiger partial charge in [-0.2, -0.15) is 0 Å². The number of hydrogen-bond acceptors (Lipinski definition) is 4. The molecule has 0 amide bonds. The van der Waals surface area contributed by atoms with E-state index < -0.39 is 4.92 Å². The summed E-state index contributed by atoms with van der Waals surface area (Å²) in [6.07, 6.45) is 1.26. The van der Waals surface area contributed by atoms with Crippen LogP contribution in [0.3, 0.4) is 0 Å². The van der Waals surface area contributed by atoms with Crippen molar-refractivity contribution in [1.82, 2.24) is 9.97 Å². The summed E-state index contributed by atoms with van der Waals surface area (Å²) >= 11 is 5.61. The largest absolute Gasteiger partial charge is 0.309 e. The van der Waals surface area contributed by atoms with E-state index in [0.29, 0.717) is 5.56 Å². The maximum Gasteiger partial charge on any atom is 0.309 e. The molecule has 1 heterocycles. The zero-order chi connectivity index (χ0) is 13.1. The van der Waals surface area contributed by atoms with Crippen LogP contribution in [0.5, 0.6) is 0 Å². The van der Waals surface area contributed by atoms with Crippen LogP contribution in [0.4, 0.5) is 10.1 Å². The molecule has 0 N–H and O–H groups in total. The summed E-state index contributed by atoms with van der Waals surface area (Å²) in [7, 11) is 0. The summed E-state index contributed by atoms with van der Waals surface area (Å²) < 4.78 is 12.7. The first-order chi connectivity index (χ1) is 8.56. The van der Waals surface area contributed by atoms with E-state index >= 15 is 0 Å². The predicted octanol–water partition coefficient (Wildman–Crippen LogP) is 2.77. The van der Waals surface area contributed by atoms with Crippen LogP contribution >= 0.6 is 11.6 Å². The lowest BCUT2D eigenvalue weighted by Crippen LogP contribution is -2.01. The van der Waals surface area contributed by atoms with E-state index in [9.17, 15) is 14.5 Å². The van der Waals surface area contributed by atoms with E-state index in [1.807, 2.05) is 0 Å². The van der Waals surface area contributed by atoms with Gasteiger partial charge in [0.15, 0.2) is 0 Å². The fourth-order valence-corrected chi connectivity index (χ4v) is 1.62. The number of rotatable bonds is 3. The molecule has 18 heavy (non-hydrogen) atoms. The lowest BCUT2D eigenvalue weighted by atomic mass is 10.1. The first-order valence-corrected chi connectivity index (χ1v) is 5.34. The zero-order valence-corrected chi connectivity index (χ0v) is 9.76. The SMILES string of the molecule is O=[N+]([O-])c1cnc(Cl)nc1Cc1ccc(F)cc1. The standard InChI is InChI=1S/C11H7ClFN3O2/c12-11-14-6-10(16(17)18)9(15-11)5-7-1-3-8(13)4-2-7/h1-4,6H,5H2. The summed E-state index contributed by atoms with van der Waals surface area (Å²) in [5.41, 5.74) is 0.699. The number of halogens is 2. The number of hydrogen-bond donors (Lipinski definition) is 0. The smallest absolute Gasteiger partial charge is 0.258 e. The Hall–Kier alpha value is -2.08. The van der Waals surface area contributed by atoms with Crippen molar-refractivity contribution in [3.8, 4) is 0 Å². The Morgan fingerprint density at radius 1 is 1.33 bits per heavy atom. The molecule has 0 aliphatic rings. The molecule has 0 fully saturated rings. The molecule has 2 rings (SSSR count). The molecular formula is C11H7ClFN3O2. The van der Waals surface area contributed by atoms with Gasteiger partial charge in [-0.1, -0.05) is 12.1 Å². The minimum absolute atomic E-state index is 0.0577. The molecule has 1 aromatic carbocycles. The van der Waals surface area contributed by atoms with Crippen LogP contribution in [-0.4, -0.2) is 14.9 Å². The van der Waals surface area contributed by atoms with E-state index in [1.165, 1.54) is 24.3 Å². The van der Waals surface area contributed by atoms with Gasteiger partial charge in [-0.25, -0.2) is 14.4 Å². The van der Waals surface area contributed by atoms with Gasteiger partial charge in [0.1, 0.15) is 17.7 Å². The molecular weight excluding hydrogens is 261 g/mol. The minimum Gasteiger partial charge on any atom is -0.258 e. The fourth-order valence-electron chi connectivity index (χ4n) is 1.46. The summed E-state index contributed by atoms with van der Waals surface area (Å²) in [5.74, 6) is -0.367. The Balaban J connectivity index is 2.35. The lowest BCUT2D eigenvalue weighted by molar-refractivity contribution is -0.386. The Morgan fingerprint density at radius 2 is 2.00 bits per heavy atom. The van der Waals surface area contributed by atoms with Gasteiger partial charge < -0.3 is 0 Å². The van der Waals surface area contributed by atoms with Crippen molar-refractivity contribution >= 4 is 17.3 Å². The molecule has 0 atom stereocenters. The van der Waals surface area contributed by atoms with Gasteiger partial charge >= 0.3 is 5.69 Å². The van der Waals surface area contributed by atoms with Crippen LogP contribution in [0, 0.1) is 15.9 Å². The third-order valence-corrected chi connectivity index (χ3v) is 2.48. The van der Waals surface area contributed by atoms with Gasteiger partial charge in [0.2, 0.25) is 5.28 Å². The fraction of sp³-hybridized carbons (Fsp3) is 0.0909. The van der Waals surface area contributed by atoms with E-state index in [1.54, 1.807) is 0 Å². The molecule has 0 saturated carbocycles. The molecule has 0 aliphatic carbocycles. The highest BCUT2D eigenvalue weighted by molar-refractivity contribution is 6.28. The van der Waals surface area contributed by atoms with E-state index in [0.717, 1.165) is 6.20 Å². The second kappa shape index (κ2) is 5.05. The van der Waals surface area contributed by atoms with Gasteiger partial charge in [0, 0.05) is 6.42 Å². The zero-order valence-electron chi connectivity index (χ0n) is 9.01. The predicted molar refractivity (Wildman–Crippen MR) is 62.9 cm³/mol. The van der Waals surface area contributed by atoms with Crippen molar-refractivity contribution < 1.29 is 9.31 Å². The van der Waals surface area contributed by atoms with E-state index in [2.05, 4.69) is 9.97 Å². The van der Waals surface area contributed by atoms with Gasteiger partial charge in [-0.3, -0.25) is 10.1 Å². The van der Waals surface area contributed by atoms with Gasteiger partial charge in [0.05, 0.1) is 4.92 Å². The summed E-state index contributed by atoms with van der Waals surface area (Å²) in [5, 5.41) is 10.7. The van der Waals surface area contributed by atoms with Gasteiger partial charge in [-0.05, 0) is 29.3 Å². The summed E-state index contributed by atoms with van der Waals surface area (Å²) in [6.45, 7) is 0. The number of nitro groups is 1. The Kier molecular flexibility index (Phi) is 3.47. The molecule has 92 valence electrons. The maximum absolute atomic E-state index is 12.7. The van der Waals surface area contributed by atoms with Crippen LogP contribution in [0.25, 0.3) is 0 Å². The second-order valence-electron chi connectivity index (χ2n) is 3.53. The molecule has 0 saturated heterocycles. The highest BCUT2D eigenvalue weighted by Gasteiger charge is 2.16. The summed E-state index contributed by atoms with van der Waals surface area (Å²) in [6, 6.07) is 5.64. The third-order valence-electron chi connectivity index (χ3n) is 2.30. The first kappa shape index (κ1) is 12.4. The van der Waals surface area contributed by atoms with Crippen molar-refractivity contribution in [2.45, 2.75) is 6.42 Å². The quantitative estimate of drug-likeness (QED) is 0.487. The van der Waals surface area contributed by atoms with Crippen LogP contribution in [-0.2, 0) is 6.42 Å². The van der Waals surface area contributed by atoms with Gasteiger partial charge in [0.25, 0.3) is 0 Å². The lowest BCUT2D eigenvalue weighted by Gasteiger charge is -2.02. The molecule has 2 aromatic rings. The minimum atomic E-state index is -0.574. The van der Waals surface area contributed by atoms with Crippen molar-refractivity contribution in [2.24, 2.45) is 0 Å². The second-order valence-corrected chi connectivity index (χ2v) is 3.87. The Bertz CT molecular complexity index is 589. The average Bonchev–Trinajstić information content (AvgIpc) is 2.32. The average molecular weight is 268 g/mol. The van der Waals surface area contributed by atoms with Crippen molar-refractivity contribution in [3.63, 3.8) is 0 Å². The maximum atomic E-state index is 12.7. The number of nitrogens with zero attached hydrogens (tertiary/aromatic N) is 3. The first-order valence-electron chi connectivity index (χ1n) is 4.96. The highest BCUT2D eigenvalue weighted by atomic mass is 35.5. The molecule has 0 bridgehead atoms. The third kappa shape index (κ3) is 2.78. The Morgan fingerprint density at radius 3 is 2.61 bits per heavy atom. The van der Waals surface area contributed by atoms with Gasteiger partial charge in [-0.15, -0.1) is 0 Å². The summed E-state index contributed by atoms with van der Waals surface area (Å²) in [4.78, 5) is 17.6. The molecule has 0 unspecified atom stereocenters. The van der Waals surface area contributed by atoms with Crippen LogP contribution in [0.15, 0.2) is 30.5 Å². The van der Waals surface area contributed by atoms with Crippen LogP contribution < -0.4 is 0 Å². The van der Waals surface area contributed by atoms with Crippen molar-refractivity contribution in [3.05, 3.63) is 62.9 Å². The monoisotopic (exact) mass is 267 g/mol. The van der Waals surface area contributed by atoms with E-state index in [-0.39, 0.29) is 28.9 Å². The number of aromatic nitrogens is 2. The molecule has 0 aliphatic heterocycles. The van der Waals surface area contributed by atoms with Crippen molar-refractivity contribution in [2.75, 3.05) is 0 Å². The molecule has 1 aromatic heterocycles. The number of benzene rings is 1. The van der Waals surface area contributed by atoms with Crippen molar-refractivity contribution in [1.29, 1.82) is 0 Å². The van der Waals surface area contributed by atoms with Crippen LogP contribution in [0.2, 0.25) is 5.28 Å². The molecule has 0 radical (unpaired) electrons. The molecule has 5 nitrogen and oxygen atoms in total. The molecule has 0 spiro atoms. The topological polar surface area (TPSA) is 68.9 Å². The van der Waals surface area contributed by atoms with Crippen LogP contribution in [0.1, 0.15) is 11.3 Å². The normalized spacial score (nSPS) is 10.3. The van der Waals surface area contributed by atoms with E-state index in [4.69, 9.17) is 11.6 Å². The Labute approximate surface area is 106 Å². The molecule has 7 heteroatoms.